The predicted molar refractivity (Wildman–Crippen MR) is 70.0 cm³/mol. The molecule has 1 heterocycles. The SMILES string of the molecule is CCn1c(Sc2cc(Cl)ccc2CO)n[nH]c1=O. The summed E-state index contributed by atoms with van der Waals surface area (Å²) in [5.74, 6) is 0. The normalized spacial score (nSPS) is 10.8. The summed E-state index contributed by atoms with van der Waals surface area (Å²) in [7, 11) is 0. The summed E-state index contributed by atoms with van der Waals surface area (Å²) in [5.41, 5.74) is 0.509. The molecule has 2 N–H and O–H groups in total. The Morgan fingerprint density at radius 3 is 3.00 bits per heavy atom. The number of nitrogens with one attached hydrogen (secondary N) is 1. The van der Waals surface area contributed by atoms with Gasteiger partial charge >= 0.3 is 5.69 Å². The molecular formula is C11H12ClN3O2S. The number of nitrogens with zero attached hydrogens (tertiary/aromatic N) is 2. The van der Waals surface area contributed by atoms with Crippen molar-refractivity contribution in [1.82, 2.24) is 14.8 Å². The molecular weight excluding hydrogens is 274 g/mol. The first-order valence-electron chi connectivity index (χ1n) is 5.38. The maximum atomic E-state index is 11.4. The van der Waals surface area contributed by atoms with Crippen molar-refractivity contribution in [3.05, 3.63) is 39.3 Å². The van der Waals surface area contributed by atoms with Crippen LogP contribution in [0.2, 0.25) is 5.02 Å². The summed E-state index contributed by atoms with van der Waals surface area (Å²) in [6.45, 7) is 2.32. The molecule has 2 aromatic rings. The zero-order valence-electron chi connectivity index (χ0n) is 9.68. The van der Waals surface area contributed by atoms with Gasteiger partial charge in [-0.2, -0.15) is 0 Å². The van der Waals surface area contributed by atoms with Crippen LogP contribution in [0.4, 0.5) is 0 Å². The number of hydrogen-bond donors (Lipinski definition) is 2. The van der Waals surface area contributed by atoms with Gasteiger partial charge < -0.3 is 5.11 Å². The van der Waals surface area contributed by atoms with Crippen LogP contribution in [-0.4, -0.2) is 19.9 Å². The second kappa shape index (κ2) is 5.60. The molecule has 0 saturated carbocycles. The van der Waals surface area contributed by atoms with Gasteiger partial charge in [0.25, 0.3) is 0 Å². The van der Waals surface area contributed by atoms with Crippen LogP contribution in [0, 0.1) is 0 Å². The molecule has 0 amide bonds. The van der Waals surface area contributed by atoms with E-state index < -0.39 is 0 Å². The second-order valence-electron chi connectivity index (χ2n) is 3.57. The Morgan fingerprint density at radius 2 is 2.33 bits per heavy atom. The van der Waals surface area contributed by atoms with Gasteiger partial charge in [0.2, 0.25) is 0 Å². The van der Waals surface area contributed by atoms with E-state index in [0.717, 1.165) is 10.5 Å². The van der Waals surface area contributed by atoms with Gasteiger partial charge in [-0.3, -0.25) is 4.57 Å². The summed E-state index contributed by atoms with van der Waals surface area (Å²) in [6.07, 6.45) is 0. The van der Waals surface area contributed by atoms with Gasteiger partial charge in [-0.05, 0) is 36.4 Å². The van der Waals surface area contributed by atoms with Crippen LogP contribution in [0.1, 0.15) is 12.5 Å². The molecule has 5 nitrogen and oxygen atoms in total. The highest BCUT2D eigenvalue weighted by molar-refractivity contribution is 7.99. The molecule has 0 aliphatic carbocycles. The van der Waals surface area contributed by atoms with E-state index in [1.807, 2.05) is 6.92 Å². The standard InChI is InChI=1S/C11H12ClN3O2S/c1-2-15-10(17)13-14-11(15)18-9-5-8(12)4-3-7(9)6-16/h3-5,16H,2,6H2,1H3,(H,13,17). The molecule has 18 heavy (non-hydrogen) atoms. The van der Waals surface area contributed by atoms with E-state index in [1.54, 1.807) is 18.2 Å². The lowest BCUT2D eigenvalue weighted by molar-refractivity contribution is 0.279. The number of aromatic nitrogens is 3. The largest absolute Gasteiger partial charge is 0.392 e. The number of rotatable bonds is 4. The van der Waals surface area contributed by atoms with E-state index in [2.05, 4.69) is 10.2 Å². The van der Waals surface area contributed by atoms with E-state index in [1.165, 1.54) is 16.3 Å². The van der Waals surface area contributed by atoms with Gasteiger partial charge in [0.15, 0.2) is 5.16 Å². The molecule has 2 rings (SSSR count). The Labute approximate surface area is 113 Å². The van der Waals surface area contributed by atoms with Crippen molar-refractivity contribution in [3.8, 4) is 0 Å². The van der Waals surface area contributed by atoms with Crippen molar-refractivity contribution in [2.45, 2.75) is 30.1 Å². The van der Waals surface area contributed by atoms with Crippen LogP contribution in [0.3, 0.4) is 0 Å². The van der Waals surface area contributed by atoms with Gasteiger partial charge in [-0.15, -0.1) is 5.10 Å². The highest BCUT2D eigenvalue weighted by Gasteiger charge is 2.11. The fourth-order valence-corrected chi connectivity index (χ4v) is 2.81. The Bertz CT molecular complexity index is 609. The average Bonchev–Trinajstić information content (AvgIpc) is 2.70. The lowest BCUT2D eigenvalue weighted by atomic mass is 10.2. The number of aromatic amines is 1. The third kappa shape index (κ3) is 2.60. The van der Waals surface area contributed by atoms with Gasteiger partial charge in [0.1, 0.15) is 0 Å². The van der Waals surface area contributed by atoms with Crippen molar-refractivity contribution in [2.75, 3.05) is 0 Å². The smallest absolute Gasteiger partial charge is 0.343 e. The molecule has 0 unspecified atom stereocenters. The Hall–Kier alpha value is -1.24. The minimum atomic E-state index is -0.243. The predicted octanol–water partition coefficient (Wildman–Crippen LogP) is 1.89. The van der Waals surface area contributed by atoms with Crippen LogP contribution in [0.5, 0.6) is 0 Å². The molecule has 0 spiro atoms. The first-order valence-corrected chi connectivity index (χ1v) is 6.57. The minimum absolute atomic E-state index is 0.0831. The lowest BCUT2D eigenvalue weighted by Crippen LogP contribution is -2.16. The van der Waals surface area contributed by atoms with Crippen LogP contribution in [-0.2, 0) is 13.2 Å². The Balaban J connectivity index is 2.39. The Kier molecular flexibility index (Phi) is 4.11. The van der Waals surface area contributed by atoms with Crippen molar-refractivity contribution >= 4 is 23.4 Å². The highest BCUT2D eigenvalue weighted by Crippen LogP contribution is 2.30. The zero-order valence-corrected chi connectivity index (χ0v) is 11.3. The number of halogens is 1. The molecule has 0 radical (unpaired) electrons. The van der Waals surface area contributed by atoms with E-state index in [-0.39, 0.29) is 12.3 Å². The molecule has 0 aliphatic heterocycles. The van der Waals surface area contributed by atoms with E-state index in [9.17, 15) is 9.90 Å². The van der Waals surface area contributed by atoms with Crippen LogP contribution < -0.4 is 5.69 Å². The first-order chi connectivity index (χ1) is 8.65. The number of aliphatic hydroxyl groups is 1. The molecule has 0 atom stereocenters. The highest BCUT2D eigenvalue weighted by atomic mass is 35.5. The second-order valence-corrected chi connectivity index (χ2v) is 5.01. The summed E-state index contributed by atoms with van der Waals surface area (Å²) in [6, 6.07) is 5.22. The summed E-state index contributed by atoms with van der Waals surface area (Å²) >= 11 is 7.23. The third-order valence-electron chi connectivity index (χ3n) is 2.44. The van der Waals surface area contributed by atoms with Crippen LogP contribution in [0.15, 0.2) is 33.0 Å². The summed E-state index contributed by atoms with van der Waals surface area (Å²) < 4.78 is 1.52. The molecule has 96 valence electrons. The van der Waals surface area contributed by atoms with Crippen LogP contribution >= 0.6 is 23.4 Å². The molecule has 0 bridgehead atoms. The van der Waals surface area contributed by atoms with Gasteiger partial charge in [0.05, 0.1) is 6.61 Å². The average molecular weight is 286 g/mol. The van der Waals surface area contributed by atoms with Gasteiger partial charge in [-0.1, -0.05) is 17.7 Å². The first kappa shape index (κ1) is 13.2. The fourth-order valence-electron chi connectivity index (χ4n) is 1.51. The molecule has 0 fully saturated rings. The molecule has 0 saturated heterocycles. The molecule has 1 aromatic heterocycles. The van der Waals surface area contributed by atoms with Gasteiger partial charge in [-0.25, -0.2) is 9.89 Å². The monoisotopic (exact) mass is 285 g/mol. The van der Waals surface area contributed by atoms with Crippen molar-refractivity contribution < 1.29 is 5.11 Å². The van der Waals surface area contributed by atoms with E-state index >= 15 is 0 Å². The number of H-pyrrole nitrogens is 1. The van der Waals surface area contributed by atoms with E-state index in [4.69, 9.17) is 11.6 Å². The van der Waals surface area contributed by atoms with Crippen molar-refractivity contribution in [1.29, 1.82) is 0 Å². The molecule has 7 heteroatoms. The number of hydrogen-bond acceptors (Lipinski definition) is 4. The maximum Gasteiger partial charge on any atom is 0.343 e. The maximum absolute atomic E-state index is 11.4. The summed E-state index contributed by atoms with van der Waals surface area (Å²) in [5, 5.41) is 16.8. The fraction of sp³-hybridized carbons (Fsp3) is 0.273. The van der Waals surface area contributed by atoms with Crippen molar-refractivity contribution in [3.63, 3.8) is 0 Å². The van der Waals surface area contributed by atoms with Crippen molar-refractivity contribution in [2.24, 2.45) is 0 Å². The molecule has 1 aromatic carbocycles. The molecule has 0 aliphatic rings. The number of benzene rings is 1. The topological polar surface area (TPSA) is 70.9 Å². The van der Waals surface area contributed by atoms with Gasteiger partial charge in [0, 0.05) is 16.5 Å². The summed E-state index contributed by atoms with van der Waals surface area (Å²) in [4.78, 5) is 12.2. The number of aliphatic hydroxyl groups excluding tert-OH is 1. The quantitative estimate of drug-likeness (QED) is 0.900. The van der Waals surface area contributed by atoms with Crippen LogP contribution in [0.25, 0.3) is 0 Å². The Morgan fingerprint density at radius 1 is 1.56 bits per heavy atom. The third-order valence-corrected chi connectivity index (χ3v) is 3.77. The minimum Gasteiger partial charge on any atom is -0.392 e. The zero-order chi connectivity index (χ0) is 13.1. The van der Waals surface area contributed by atoms with E-state index in [0.29, 0.717) is 16.7 Å². The lowest BCUT2D eigenvalue weighted by Gasteiger charge is -2.07.